The smallest absolute Gasteiger partial charge is 0.142 e. The van der Waals surface area contributed by atoms with Crippen molar-refractivity contribution in [2.75, 3.05) is 26.8 Å². The normalized spacial score (nSPS) is 18.5. The van der Waals surface area contributed by atoms with Crippen LogP contribution < -0.4 is 0 Å². The fourth-order valence-electron chi connectivity index (χ4n) is 3.00. The van der Waals surface area contributed by atoms with Gasteiger partial charge in [0.25, 0.3) is 0 Å². The van der Waals surface area contributed by atoms with Gasteiger partial charge in [-0.3, -0.25) is 0 Å². The first-order valence-electron chi connectivity index (χ1n) is 8.35. The number of methoxy groups -OCH3 is 1. The van der Waals surface area contributed by atoms with E-state index in [0.717, 1.165) is 19.3 Å². The Morgan fingerprint density at radius 1 is 1.30 bits per heavy atom. The summed E-state index contributed by atoms with van der Waals surface area (Å²) in [7, 11) is 1.70. The number of rotatable bonds is 8. The van der Waals surface area contributed by atoms with Crippen molar-refractivity contribution in [2.45, 2.75) is 39.5 Å². The number of hydrogen-bond acceptors (Lipinski definition) is 2. The molecule has 1 aliphatic heterocycles. The highest BCUT2D eigenvalue weighted by atomic mass is 19.1. The average Bonchev–Trinajstić information content (AvgIpc) is 2.54. The van der Waals surface area contributed by atoms with Gasteiger partial charge in [-0.2, -0.15) is 0 Å². The molecule has 4 heteroatoms. The maximum atomic E-state index is 13.9. The third kappa shape index (κ3) is 5.94. The molecule has 23 heavy (non-hydrogen) atoms. The summed E-state index contributed by atoms with van der Waals surface area (Å²) >= 11 is 0. The van der Waals surface area contributed by atoms with E-state index >= 15 is 0 Å². The van der Waals surface area contributed by atoms with E-state index in [2.05, 4.69) is 18.7 Å². The molecule has 1 rings (SSSR count). The molecule has 0 unspecified atom stereocenters. The molecule has 2 nitrogen and oxygen atoms in total. The van der Waals surface area contributed by atoms with Crippen LogP contribution in [0.4, 0.5) is 8.78 Å². The second-order valence-electron chi connectivity index (χ2n) is 5.76. The zero-order chi connectivity index (χ0) is 17.2. The number of likely N-dealkylation sites (tertiary alicyclic amines) is 1. The standard InChI is InChI=1S/C19H29F2NO/c1-5-8-16(9-7-14-23-4)17-10-12-22(13-11-17)19(15(3)20)18(21)6-2/h5,8-9,17H,3,6-7,10-14H2,1-2,4H3/b8-5-,16-9+,19-18-. The lowest BCUT2D eigenvalue weighted by Gasteiger charge is -2.35. The van der Waals surface area contributed by atoms with Gasteiger partial charge in [-0.05, 0) is 44.1 Å². The van der Waals surface area contributed by atoms with Crippen molar-refractivity contribution in [2.24, 2.45) is 5.92 Å². The molecule has 1 aliphatic rings. The van der Waals surface area contributed by atoms with Crippen molar-refractivity contribution < 1.29 is 13.5 Å². The summed E-state index contributed by atoms with van der Waals surface area (Å²) in [6.07, 6.45) is 9.23. The van der Waals surface area contributed by atoms with E-state index < -0.39 is 11.7 Å². The molecule has 1 heterocycles. The van der Waals surface area contributed by atoms with Crippen LogP contribution in [0.2, 0.25) is 0 Å². The topological polar surface area (TPSA) is 12.5 Å². The number of halogens is 2. The molecule has 0 N–H and O–H groups in total. The first-order valence-corrected chi connectivity index (χ1v) is 8.35. The Hall–Kier alpha value is -1.42. The van der Waals surface area contributed by atoms with Crippen molar-refractivity contribution >= 4 is 0 Å². The first kappa shape index (κ1) is 19.6. The van der Waals surface area contributed by atoms with Crippen LogP contribution in [-0.2, 0) is 4.74 Å². The molecule has 1 saturated heterocycles. The Labute approximate surface area is 139 Å². The van der Waals surface area contributed by atoms with Gasteiger partial charge in [0.1, 0.15) is 17.4 Å². The Bertz CT molecular complexity index is 472. The molecule has 0 bridgehead atoms. The van der Waals surface area contributed by atoms with Crippen LogP contribution in [0.15, 0.2) is 47.7 Å². The average molecular weight is 325 g/mol. The van der Waals surface area contributed by atoms with Crippen molar-refractivity contribution in [3.05, 3.63) is 47.7 Å². The van der Waals surface area contributed by atoms with Crippen molar-refractivity contribution in [1.29, 1.82) is 0 Å². The predicted molar refractivity (Wildman–Crippen MR) is 92.4 cm³/mol. The van der Waals surface area contributed by atoms with E-state index in [4.69, 9.17) is 4.74 Å². The van der Waals surface area contributed by atoms with E-state index in [1.807, 2.05) is 13.0 Å². The van der Waals surface area contributed by atoms with Gasteiger partial charge in [-0.1, -0.05) is 31.7 Å². The van der Waals surface area contributed by atoms with Crippen LogP contribution >= 0.6 is 0 Å². The minimum Gasteiger partial charge on any atom is -0.384 e. The van der Waals surface area contributed by atoms with E-state index in [1.165, 1.54) is 5.57 Å². The number of ether oxygens (including phenoxy) is 1. The van der Waals surface area contributed by atoms with E-state index in [1.54, 1.807) is 18.9 Å². The molecule has 0 spiro atoms. The summed E-state index contributed by atoms with van der Waals surface area (Å²) in [6.45, 7) is 8.98. The molecule has 0 atom stereocenters. The number of allylic oxidation sites excluding steroid dienone is 5. The van der Waals surface area contributed by atoms with E-state index in [-0.39, 0.29) is 12.1 Å². The maximum absolute atomic E-state index is 13.9. The summed E-state index contributed by atoms with van der Waals surface area (Å²) in [5, 5.41) is 0. The lowest BCUT2D eigenvalue weighted by molar-refractivity contribution is 0.203. The van der Waals surface area contributed by atoms with Crippen LogP contribution in [0.5, 0.6) is 0 Å². The van der Waals surface area contributed by atoms with Gasteiger partial charge < -0.3 is 9.64 Å². The molecule has 0 aromatic rings. The lowest BCUT2D eigenvalue weighted by Crippen LogP contribution is -2.34. The largest absolute Gasteiger partial charge is 0.384 e. The SMILES string of the molecule is C=C(F)/C(=C(/F)CC)N1CCC(C(/C=C\C)=C/CCOC)CC1. The monoisotopic (exact) mass is 325 g/mol. The van der Waals surface area contributed by atoms with Crippen molar-refractivity contribution in [3.63, 3.8) is 0 Å². The zero-order valence-corrected chi connectivity index (χ0v) is 14.6. The maximum Gasteiger partial charge on any atom is 0.142 e. The van der Waals surface area contributed by atoms with Crippen LogP contribution in [0.25, 0.3) is 0 Å². The summed E-state index contributed by atoms with van der Waals surface area (Å²) in [5.41, 5.74) is 1.35. The van der Waals surface area contributed by atoms with Crippen LogP contribution in [0.3, 0.4) is 0 Å². The molecule has 0 aromatic heterocycles. The van der Waals surface area contributed by atoms with Gasteiger partial charge in [-0.25, -0.2) is 8.78 Å². The lowest BCUT2D eigenvalue weighted by atomic mass is 9.88. The second kappa shape index (κ2) is 10.4. The molecule has 0 radical (unpaired) electrons. The highest BCUT2D eigenvalue weighted by molar-refractivity contribution is 5.27. The van der Waals surface area contributed by atoms with Gasteiger partial charge in [0.05, 0.1) is 0 Å². The first-order chi connectivity index (χ1) is 11.0. The number of piperidine rings is 1. The number of nitrogens with zero attached hydrogens (tertiary/aromatic N) is 1. The third-order valence-corrected chi connectivity index (χ3v) is 4.17. The van der Waals surface area contributed by atoms with Gasteiger partial charge >= 0.3 is 0 Å². The molecule has 0 saturated carbocycles. The predicted octanol–water partition coefficient (Wildman–Crippen LogP) is 5.31. The van der Waals surface area contributed by atoms with E-state index in [0.29, 0.717) is 25.6 Å². The highest BCUT2D eigenvalue weighted by Gasteiger charge is 2.25. The Kier molecular flexibility index (Phi) is 8.85. The van der Waals surface area contributed by atoms with Crippen LogP contribution in [0, 0.1) is 5.92 Å². The van der Waals surface area contributed by atoms with Crippen LogP contribution in [-0.4, -0.2) is 31.7 Å². The minimum absolute atomic E-state index is 0.0573. The molecular formula is C19H29F2NO. The van der Waals surface area contributed by atoms with Crippen LogP contribution in [0.1, 0.15) is 39.5 Å². The molecule has 0 aliphatic carbocycles. The molecule has 130 valence electrons. The highest BCUT2D eigenvalue weighted by Crippen LogP contribution is 2.31. The summed E-state index contributed by atoms with van der Waals surface area (Å²) in [4.78, 5) is 1.79. The van der Waals surface area contributed by atoms with Gasteiger partial charge in [0.15, 0.2) is 0 Å². The summed E-state index contributed by atoms with van der Waals surface area (Å²) in [6, 6.07) is 0. The van der Waals surface area contributed by atoms with Crippen molar-refractivity contribution in [3.8, 4) is 0 Å². The molecule has 0 aromatic carbocycles. The molecule has 0 amide bonds. The third-order valence-electron chi connectivity index (χ3n) is 4.17. The Balaban J connectivity index is 2.76. The molecular weight excluding hydrogens is 296 g/mol. The van der Waals surface area contributed by atoms with Gasteiger partial charge in [-0.15, -0.1) is 0 Å². The Morgan fingerprint density at radius 3 is 2.43 bits per heavy atom. The zero-order valence-electron chi connectivity index (χ0n) is 14.6. The van der Waals surface area contributed by atoms with Gasteiger partial charge in [0, 0.05) is 26.8 Å². The second-order valence-corrected chi connectivity index (χ2v) is 5.76. The molecule has 1 fully saturated rings. The number of hydrogen-bond donors (Lipinski definition) is 0. The van der Waals surface area contributed by atoms with Crippen molar-refractivity contribution in [1.82, 2.24) is 4.90 Å². The fourth-order valence-corrected chi connectivity index (χ4v) is 3.00. The van der Waals surface area contributed by atoms with E-state index in [9.17, 15) is 8.78 Å². The summed E-state index contributed by atoms with van der Waals surface area (Å²) < 4.78 is 32.6. The quantitative estimate of drug-likeness (QED) is 0.443. The summed E-state index contributed by atoms with van der Waals surface area (Å²) in [5.74, 6) is -0.662. The van der Waals surface area contributed by atoms with Gasteiger partial charge in [0.2, 0.25) is 0 Å². The fraction of sp³-hybridized carbons (Fsp3) is 0.579. The Morgan fingerprint density at radius 2 is 1.96 bits per heavy atom. The minimum atomic E-state index is -0.674.